The van der Waals surface area contributed by atoms with E-state index in [1.165, 1.54) is 0 Å². The van der Waals surface area contributed by atoms with Gasteiger partial charge >= 0.3 is 0 Å². The average Bonchev–Trinajstić information content (AvgIpc) is 1.67. The van der Waals surface area contributed by atoms with Crippen molar-refractivity contribution in [2.45, 2.75) is 20.0 Å². The van der Waals surface area contributed by atoms with E-state index in [2.05, 4.69) is 0 Å². The average molecular weight is 116 g/mol. The predicted octanol–water partition coefficient (Wildman–Crippen LogP) is 0.347. The van der Waals surface area contributed by atoms with Crippen LogP contribution < -0.4 is 5.73 Å². The van der Waals surface area contributed by atoms with E-state index in [0.717, 1.165) is 0 Å². The summed E-state index contributed by atoms with van der Waals surface area (Å²) >= 11 is 0. The molecule has 0 fully saturated rings. The van der Waals surface area contributed by atoms with E-state index in [0.29, 0.717) is 6.61 Å². The molecule has 0 aromatic heterocycles. The number of nitrogens with two attached hydrogens (primary N) is 1. The molecule has 0 bridgehead atoms. The molecule has 0 radical (unpaired) electrons. The Kier molecular flexibility index (Phi) is 3.19. The molecule has 0 aromatic carbocycles. The molecule has 3 N–H and O–H groups in total. The molecule has 0 heterocycles. The SMILES string of the molecule is CCO[C@H](C)C(=N)N. The van der Waals surface area contributed by atoms with Crippen LogP contribution in [0.4, 0.5) is 0 Å². The maximum absolute atomic E-state index is 6.86. The monoisotopic (exact) mass is 116 g/mol. The topological polar surface area (TPSA) is 59.1 Å². The fourth-order valence-corrected chi connectivity index (χ4v) is 0.340. The van der Waals surface area contributed by atoms with Gasteiger partial charge in [-0.2, -0.15) is 0 Å². The quantitative estimate of drug-likeness (QED) is 0.413. The summed E-state index contributed by atoms with van der Waals surface area (Å²) in [5.41, 5.74) is 5.08. The van der Waals surface area contributed by atoms with Crippen molar-refractivity contribution in [3.63, 3.8) is 0 Å². The molecule has 0 saturated carbocycles. The van der Waals surface area contributed by atoms with E-state index in [1.807, 2.05) is 6.92 Å². The summed E-state index contributed by atoms with van der Waals surface area (Å²) in [5.74, 6) is 0.0897. The third-order valence-electron chi connectivity index (χ3n) is 0.855. The fraction of sp³-hybridized carbons (Fsp3) is 0.800. The molecule has 0 aliphatic rings. The van der Waals surface area contributed by atoms with E-state index < -0.39 is 0 Å². The number of hydrogen-bond acceptors (Lipinski definition) is 2. The molecule has 3 nitrogen and oxygen atoms in total. The lowest BCUT2D eigenvalue weighted by Gasteiger charge is -2.07. The van der Waals surface area contributed by atoms with Crippen LogP contribution in [0.15, 0.2) is 0 Å². The van der Waals surface area contributed by atoms with Gasteiger partial charge in [0.2, 0.25) is 0 Å². The van der Waals surface area contributed by atoms with E-state index in [-0.39, 0.29) is 11.9 Å². The lowest BCUT2D eigenvalue weighted by atomic mass is 10.4. The predicted molar refractivity (Wildman–Crippen MR) is 33.0 cm³/mol. The van der Waals surface area contributed by atoms with E-state index in [9.17, 15) is 0 Å². The molecule has 3 heteroatoms. The first-order valence-corrected chi connectivity index (χ1v) is 2.64. The van der Waals surface area contributed by atoms with Gasteiger partial charge in [0, 0.05) is 6.61 Å². The van der Waals surface area contributed by atoms with Gasteiger partial charge in [-0.15, -0.1) is 0 Å². The van der Waals surface area contributed by atoms with Crippen molar-refractivity contribution >= 4 is 5.84 Å². The van der Waals surface area contributed by atoms with Gasteiger partial charge in [0.25, 0.3) is 0 Å². The normalized spacial score (nSPS) is 13.2. The highest BCUT2D eigenvalue weighted by Gasteiger charge is 2.00. The second-order valence-electron chi connectivity index (χ2n) is 1.55. The second kappa shape index (κ2) is 3.43. The molecule has 48 valence electrons. The van der Waals surface area contributed by atoms with Gasteiger partial charge in [-0.25, -0.2) is 0 Å². The lowest BCUT2D eigenvalue weighted by Crippen LogP contribution is -2.27. The molecule has 0 amide bonds. The van der Waals surface area contributed by atoms with Crippen molar-refractivity contribution in [3.8, 4) is 0 Å². The Morgan fingerprint density at radius 3 is 2.50 bits per heavy atom. The Morgan fingerprint density at radius 1 is 1.88 bits per heavy atom. The molecule has 1 atom stereocenters. The minimum Gasteiger partial charge on any atom is -0.385 e. The molecule has 8 heavy (non-hydrogen) atoms. The van der Waals surface area contributed by atoms with E-state index in [1.54, 1.807) is 6.92 Å². The van der Waals surface area contributed by atoms with Crippen LogP contribution in [0.1, 0.15) is 13.8 Å². The molecule has 0 spiro atoms. The van der Waals surface area contributed by atoms with Gasteiger partial charge in [0.15, 0.2) is 0 Å². The smallest absolute Gasteiger partial charge is 0.120 e. The standard InChI is InChI=1S/C5H12N2O/c1-3-8-4(2)5(6)7/h4H,3H2,1-2H3,(H3,6,7)/t4-/m1/s1. The number of amidine groups is 1. The summed E-state index contributed by atoms with van der Waals surface area (Å²) in [7, 11) is 0. The van der Waals surface area contributed by atoms with Crippen LogP contribution in [0, 0.1) is 5.41 Å². The fourth-order valence-electron chi connectivity index (χ4n) is 0.340. The zero-order chi connectivity index (χ0) is 6.57. The molecule has 0 aromatic rings. The van der Waals surface area contributed by atoms with Gasteiger partial charge < -0.3 is 10.5 Å². The summed E-state index contributed by atoms with van der Waals surface area (Å²) in [6, 6.07) is 0. The number of hydrogen-bond donors (Lipinski definition) is 2. The number of ether oxygens (including phenoxy) is 1. The Hall–Kier alpha value is -0.570. The highest BCUT2D eigenvalue weighted by Crippen LogP contribution is 1.86. The van der Waals surface area contributed by atoms with Gasteiger partial charge in [-0.05, 0) is 13.8 Å². The minimum absolute atomic E-state index is 0.0897. The Balaban J connectivity index is 3.32. The highest BCUT2D eigenvalue weighted by atomic mass is 16.5. The van der Waals surface area contributed by atoms with Crippen molar-refractivity contribution in [1.29, 1.82) is 5.41 Å². The van der Waals surface area contributed by atoms with Crippen molar-refractivity contribution in [2.75, 3.05) is 6.61 Å². The van der Waals surface area contributed by atoms with Crippen LogP contribution in [0.25, 0.3) is 0 Å². The molecule has 0 unspecified atom stereocenters. The molecular weight excluding hydrogens is 104 g/mol. The summed E-state index contributed by atoms with van der Waals surface area (Å²) in [5, 5.41) is 6.86. The van der Waals surface area contributed by atoms with Gasteiger partial charge in [0.05, 0.1) is 0 Å². The number of nitrogens with one attached hydrogen (secondary N) is 1. The molecular formula is C5H12N2O. The zero-order valence-electron chi connectivity index (χ0n) is 5.27. The third kappa shape index (κ3) is 2.58. The molecule has 0 aliphatic carbocycles. The maximum Gasteiger partial charge on any atom is 0.120 e. The molecule has 0 rings (SSSR count). The zero-order valence-corrected chi connectivity index (χ0v) is 5.27. The van der Waals surface area contributed by atoms with Gasteiger partial charge in [-0.3, -0.25) is 5.41 Å². The van der Waals surface area contributed by atoms with Crippen molar-refractivity contribution in [3.05, 3.63) is 0 Å². The van der Waals surface area contributed by atoms with Crippen molar-refractivity contribution < 1.29 is 4.74 Å². The van der Waals surface area contributed by atoms with Crippen molar-refractivity contribution in [2.24, 2.45) is 5.73 Å². The van der Waals surface area contributed by atoms with Crippen LogP contribution in [0.2, 0.25) is 0 Å². The van der Waals surface area contributed by atoms with Gasteiger partial charge in [0.1, 0.15) is 11.9 Å². The summed E-state index contributed by atoms with van der Waals surface area (Å²) in [4.78, 5) is 0. The lowest BCUT2D eigenvalue weighted by molar-refractivity contribution is 0.121. The first-order chi connectivity index (χ1) is 3.68. The first kappa shape index (κ1) is 7.43. The number of rotatable bonds is 3. The molecule has 0 aliphatic heterocycles. The minimum atomic E-state index is -0.222. The van der Waals surface area contributed by atoms with E-state index >= 15 is 0 Å². The van der Waals surface area contributed by atoms with Crippen LogP contribution in [0.3, 0.4) is 0 Å². The maximum atomic E-state index is 6.86. The van der Waals surface area contributed by atoms with Crippen LogP contribution >= 0.6 is 0 Å². The Bertz CT molecular complexity index is 82.5. The first-order valence-electron chi connectivity index (χ1n) is 2.64. The Labute approximate surface area is 49.3 Å². The highest BCUT2D eigenvalue weighted by molar-refractivity contribution is 5.81. The summed E-state index contributed by atoms with van der Waals surface area (Å²) < 4.78 is 4.95. The van der Waals surface area contributed by atoms with Crippen LogP contribution in [-0.4, -0.2) is 18.5 Å². The van der Waals surface area contributed by atoms with Gasteiger partial charge in [-0.1, -0.05) is 0 Å². The second-order valence-corrected chi connectivity index (χ2v) is 1.55. The Morgan fingerprint density at radius 2 is 2.38 bits per heavy atom. The van der Waals surface area contributed by atoms with Crippen LogP contribution in [0.5, 0.6) is 0 Å². The van der Waals surface area contributed by atoms with Crippen LogP contribution in [-0.2, 0) is 4.74 Å². The third-order valence-corrected chi connectivity index (χ3v) is 0.855. The largest absolute Gasteiger partial charge is 0.385 e. The summed E-state index contributed by atoms with van der Waals surface area (Å²) in [6.07, 6.45) is -0.222. The van der Waals surface area contributed by atoms with Crippen molar-refractivity contribution in [1.82, 2.24) is 0 Å². The summed E-state index contributed by atoms with van der Waals surface area (Å²) in [6.45, 7) is 4.24. The van der Waals surface area contributed by atoms with E-state index in [4.69, 9.17) is 15.9 Å². The molecule has 0 saturated heterocycles.